The summed E-state index contributed by atoms with van der Waals surface area (Å²) in [6.07, 6.45) is 0. The van der Waals surface area contributed by atoms with E-state index in [9.17, 15) is 19.8 Å². The molecule has 0 unspecified atom stereocenters. The zero-order chi connectivity index (χ0) is 34.7. The van der Waals surface area contributed by atoms with Crippen LogP contribution in [0.1, 0.15) is 49.4 Å². The lowest BCUT2D eigenvalue weighted by atomic mass is 9.90. The van der Waals surface area contributed by atoms with Crippen molar-refractivity contribution in [3.05, 3.63) is 93.2 Å². The Labute approximate surface area is 284 Å². The van der Waals surface area contributed by atoms with Gasteiger partial charge < -0.3 is 34.7 Å². The number of aromatic nitrogens is 1. The fourth-order valence-electron chi connectivity index (χ4n) is 6.15. The molecule has 0 fully saturated rings. The summed E-state index contributed by atoms with van der Waals surface area (Å²) >= 11 is 5.58. The van der Waals surface area contributed by atoms with Crippen LogP contribution in [-0.2, 0) is 13.6 Å². The maximum absolute atomic E-state index is 12.7. The minimum atomic E-state index is -1.06. The first-order valence-corrected chi connectivity index (χ1v) is 16.6. The van der Waals surface area contributed by atoms with Gasteiger partial charge >= 0.3 is 5.97 Å². The molecule has 5 rings (SSSR count). The highest BCUT2D eigenvalue weighted by Gasteiger charge is 2.23. The van der Waals surface area contributed by atoms with Crippen molar-refractivity contribution in [1.29, 1.82) is 0 Å². The number of hydrogen-bond donors (Lipinski definition) is 4. The van der Waals surface area contributed by atoms with Gasteiger partial charge in [-0.2, -0.15) is 0 Å². The summed E-state index contributed by atoms with van der Waals surface area (Å²) in [5.74, 6) is -0.753. The Morgan fingerprint density at radius 1 is 0.979 bits per heavy atom. The van der Waals surface area contributed by atoms with Crippen LogP contribution in [0.15, 0.2) is 69.9 Å². The number of anilines is 2. The third-order valence-corrected chi connectivity index (χ3v) is 9.17. The molecule has 1 aliphatic heterocycles. The first kappa shape index (κ1) is 34.2. The molecule has 2 aromatic carbocycles. The SMILES string of the molecule is CCN(CC)c1ccc2c(-c3cc(NC(=S)NCc4c(O)c(=O)cc(C)n4C)ccc3C(=O)O)c3ccc(=[N+](CC)CC)cc-3oc2c1. The van der Waals surface area contributed by atoms with Gasteiger partial charge in [-0.3, -0.25) is 4.79 Å². The third kappa shape index (κ3) is 6.64. The van der Waals surface area contributed by atoms with E-state index in [4.69, 9.17) is 16.6 Å². The lowest BCUT2D eigenvalue weighted by Gasteiger charge is -2.23. The largest absolute Gasteiger partial charge is 0.503 e. The van der Waals surface area contributed by atoms with E-state index in [1.807, 2.05) is 36.4 Å². The third-order valence-electron chi connectivity index (χ3n) is 8.92. The number of benzene rings is 3. The molecule has 48 heavy (non-hydrogen) atoms. The molecule has 0 saturated heterocycles. The van der Waals surface area contributed by atoms with Crippen LogP contribution in [0, 0.1) is 6.92 Å². The number of aromatic hydroxyl groups is 1. The Hall–Kier alpha value is -5.16. The van der Waals surface area contributed by atoms with Crippen LogP contribution in [0.2, 0.25) is 0 Å². The van der Waals surface area contributed by atoms with Crippen LogP contribution in [-0.4, -0.2) is 52.0 Å². The molecule has 0 spiro atoms. The summed E-state index contributed by atoms with van der Waals surface area (Å²) in [6, 6.07) is 18.5. The maximum atomic E-state index is 12.7. The van der Waals surface area contributed by atoms with Crippen LogP contribution in [0.3, 0.4) is 0 Å². The molecule has 3 aromatic rings. The number of pyridine rings is 1. The van der Waals surface area contributed by atoms with Crippen molar-refractivity contribution in [2.45, 2.75) is 41.2 Å². The number of thiocarbonyl (C=S) groups is 1. The van der Waals surface area contributed by atoms with Gasteiger partial charge in [0.2, 0.25) is 10.8 Å². The Balaban J connectivity index is 1.65. The molecular weight excluding hydrogens is 627 g/mol. The van der Waals surface area contributed by atoms with E-state index in [1.54, 1.807) is 36.7 Å². The van der Waals surface area contributed by atoms with Crippen molar-refractivity contribution < 1.29 is 19.4 Å². The smallest absolute Gasteiger partial charge is 0.336 e. The average molecular weight is 669 g/mol. The van der Waals surface area contributed by atoms with Crippen molar-refractivity contribution in [1.82, 2.24) is 14.5 Å². The second kappa shape index (κ2) is 14.3. The van der Waals surface area contributed by atoms with Gasteiger partial charge in [0.15, 0.2) is 10.9 Å². The van der Waals surface area contributed by atoms with Crippen LogP contribution in [0.5, 0.6) is 5.75 Å². The number of hydrogen-bond acceptors (Lipinski definition) is 6. The Bertz CT molecular complexity index is 2120. The molecule has 0 amide bonds. The van der Waals surface area contributed by atoms with Crippen molar-refractivity contribution in [2.75, 3.05) is 36.4 Å². The number of fused-ring (bicyclic) bond motifs is 2. The van der Waals surface area contributed by atoms with E-state index in [1.165, 1.54) is 6.07 Å². The molecule has 4 N–H and O–H groups in total. The predicted molar refractivity (Wildman–Crippen MR) is 196 cm³/mol. The summed E-state index contributed by atoms with van der Waals surface area (Å²) in [7, 11) is 1.76. The number of nitrogens with one attached hydrogen (secondary N) is 2. The minimum Gasteiger partial charge on any atom is -0.503 e. The molecule has 0 atom stereocenters. The number of nitrogens with zero attached hydrogens (tertiary/aromatic N) is 3. The topological polar surface area (TPSA) is 123 Å². The summed E-state index contributed by atoms with van der Waals surface area (Å²) in [5.41, 5.74) is 5.02. The summed E-state index contributed by atoms with van der Waals surface area (Å²) < 4.78 is 10.5. The fourth-order valence-corrected chi connectivity index (χ4v) is 6.34. The monoisotopic (exact) mass is 668 g/mol. The van der Waals surface area contributed by atoms with E-state index in [-0.39, 0.29) is 23.0 Å². The number of carboxylic acids is 1. The average Bonchev–Trinajstić information content (AvgIpc) is 3.07. The van der Waals surface area contributed by atoms with Crippen molar-refractivity contribution >= 4 is 45.6 Å². The number of aryl methyl sites for hydroxylation is 1. The van der Waals surface area contributed by atoms with Crippen LogP contribution in [0.25, 0.3) is 33.4 Å². The molecule has 0 saturated carbocycles. The van der Waals surface area contributed by atoms with E-state index in [0.29, 0.717) is 34.0 Å². The molecule has 10 nitrogen and oxygen atoms in total. The van der Waals surface area contributed by atoms with Gasteiger partial charge in [-0.15, -0.1) is 0 Å². The van der Waals surface area contributed by atoms with Gasteiger partial charge in [0, 0.05) is 71.9 Å². The van der Waals surface area contributed by atoms with Crippen LogP contribution >= 0.6 is 12.2 Å². The van der Waals surface area contributed by atoms with Gasteiger partial charge in [-0.25, -0.2) is 9.37 Å². The molecule has 0 bridgehead atoms. The second-order valence-electron chi connectivity index (χ2n) is 11.6. The summed E-state index contributed by atoms with van der Waals surface area (Å²) in [6.45, 7) is 13.6. The zero-order valence-electron chi connectivity index (χ0n) is 28.2. The van der Waals surface area contributed by atoms with Crippen molar-refractivity contribution in [3.8, 4) is 28.2 Å². The Morgan fingerprint density at radius 2 is 1.71 bits per heavy atom. The second-order valence-corrected chi connectivity index (χ2v) is 12.0. The molecule has 1 aliphatic carbocycles. The summed E-state index contributed by atoms with van der Waals surface area (Å²) in [5, 5.41) is 29.0. The molecule has 2 aliphatic rings. The van der Waals surface area contributed by atoms with E-state index >= 15 is 0 Å². The van der Waals surface area contributed by atoms with Crippen LogP contribution < -0.4 is 30.9 Å². The molecule has 1 aromatic heterocycles. The highest BCUT2D eigenvalue weighted by molar-refractivity contribution is 7.80. The van der Waals surface area contributed by atoms with Gasteiger partial charge in [0.05, 0.1) is 23.9 Å². The number of carboxylic acid groups (broad SMARTS) is 1. The Morgan fingerprint density at radius 3 is 2.38 bits per heavy atom. The van der Waals surface area contributed by atoms with E-state index in [2.05, 4.69) is 47.8 Å². The highest BCUT2D eigenvalue weighted by atomic mass is 32.1. The van der Waals surface area contributed by atoms with Crippen LogP contribution in [0.4, 0.5) is 11.4 Å². The van der Waals surface area contributed by atoms with Crippen molar-refractivity contribution in [2.24, 2.45) is 7.05 Å². The molecule has 250 valence electrons. The lowest BCUT2D eigenvalue weighted by Crippen LogP contribution is -2.30. The summed E-state index contributed by atoms with van der Waals surface area (Å²) in [4.78, 5) is 27.1. The normalized spacial score (nSPS) is 11.1. The Kier molecular flexibility index (Phi) is 10.2. The van der Waals surface area contributed by atoms with Gasteiger partial charge in [0.1, 0.15) is 24.4 Å². The number of rotatable bonds is 10. The van der Waals surface area contributed by atoms with Gasteiger partial charge in [0.25, 0.3) is 0 Å². The fraction of sp³-hybridized carbons (Fsp3) is 0.297. The molecule has 2 heterocycles. The molecule has 11 heteroatoms. The highest BCUT2D eigenvalue weighted by Crippen LogP contribution is 2.43. The van der Waals surface area contributed by atoms with E-state index in [0.717, 1.165) is 53.7 Å². The van der Waals surface area contributed by atoms with E-state index < -0.39 is 11.4 Å². The first-order valence-electron chi connectivity index (χ1n) is 16.2. The first-order chi connectivity index (χ1) is 23.0. The molecular formula is C37H42N5O5S+. The minimum absolute atomic E-state index is 0.102. The number of carbonyl (C=O) groups is 1. The van der Waals surface area contributed by atoms with Crippen molar-refractivity contribution in [3.63, 3.8) is 0 Å². The lowest BCUT2D eigenvalue weighted by molar-refractivity contribution is 0.0697. The molecule has 0 radical (unpaired) electrons. The predicted octanol–water partition coefficient (Wildman–Crippen LogP) is 5.76. The standard InChI is InChI=1S/C37H41N5O5S/c1-7-41(8-2)24-12-15-27-32(19-24)47-33-20-25(42(9-3)10-4)13-16-28(33)34(27)29-18-23(11-14-26(29)36(45)46)39-37(48)38-21-30-35(44)31(43)17-22(5)40(30)6/h11-20H,7-10,21H2,1-6H3,(H3-,38,39,44,45,46,48)/p+1. The van der Waals surface area contributed by atoms with Gasteiger partial charge in [-0.05, 0) is 88.8 Å². The quantitative estimate of drug-likeness (QED) is 0.0836. The maximum Gasteiger partial charge on any atom is 0.336 e. The zero-order valence-corrected chi connectivity index (χ0v) is 29.0. The van der Waals surface area contributed by atoms with Gasteiger partial charge in [-0.1, -0.05) is 0 Å². The number of aromatic carboxylic acids is 1.